The van der Waals surface area contributed by atoms with Crippen molar-refractivity contribution < 1.29 is 14.3 Å². The van der Waals surface area contributed by atoms with E-state index in [1.54, 1.807) is 24.3 Å². The molecule has 2 saturated heterocycles. The minimum Gasteiger partial charge on any atom is -0.494 e. The van der Waals surface area contributed by atoms with Crippen molar-refractivity contribution in [3.05, 3.63) is 64.7 Å². The van der Waals surface area contributed by atoms with Gasteiger partial charge in [0.2, 0.25) is 0 Å². The van der Waals surface area contributed by atoms with Crippen LogP contribution in [0.5, 0.6) is 5.75 Å². The molecule has 34 heavy (non-hydrogen) atoms. The van der Waals surface area contributed by atoms with Crippen LogP contribution in [0.25, 0.3) is 0 Å². The van der Waals surface area contributed by atoms with E-state index < -0.39 is 0 Å². The van der Waals surface area contributed by atoms with Crippen molar-refractivity contribution in [2.45, 2.75) is 32.2 Å². The summed E-state index contributed by atoms with van der Waals surface area (Å²) in [5.74, 6) is 0.903. The average Bonchev–Trinajstić information content (AvgIpc) is 3.27. The van der Waals surface area contributed by atoms with Crippen LogP contribution >= 0.6 is 11.6 Å². The molecule has 7 heteroatoms. The van der Waals surface area contributed by atoms with Crippen molar-refractivity contribution in [1.82, 2.24) is 14.7 Å². The predicted molar refractivity (Wildman–Crippen MR) is 135 cm³/mol. The van der Waals surface area contributed by atoms with Crippen molar-refractivity contribution in [1.29, 1.82) is 0 Å². The lowest BCUT2D eigenvalue weighted by Crippen LogP contribution is -2.49. The summed E-state index contributed by atoms with van der Waals surface area (Å²) in [6, 6.07) is 15.1. The summed E-state index contributed by atoms with van der Waals surface area (Å²) in [5, 5.41) is 0.617. The third kappa shape index (κ3) is 6.59. The number of halogens is 1. The maximum atomic E-state index is 12.8. The van der Waals surface area contributed by atoms with Crippen LogP contribution in [0.15, 0.2) is 48.5 Å². The summed E-state index contributed by atoms with van der Waals surface area (Å²) in [7, 11) is 0. The highest BCUT2D eigenvalue weighted by Crippen LogP contribution is 2.18. The van der Waals surface area contributed by atoms with E-state index >= 15 is 0 Å². The molecule has 1 amide bonds. The molecule has 0 bridgehead atoms. The summed E-state index contributed by atoms with van der Waals surface area (Å²) >= 11 is 5.91. The van der Waals surface area contributed by atoms with Crippen LogP contribution in [-0.4, -0.2) is 84.9 Å². The van der Waals surface area contributed by atoms with Crippen LogP contribution in [0.1, 0.15) is 46.9 Å². The van der Waals surface area contributed by atoms with Crippen LogP contribution < -0.4 is 4.74 Å². The molecule has 0 radical (unpaired) electrons. The zero-order valence-electron chi connectivity index (χ0n) is 19.9. The first-order valence-electron chi connectivity index (χ1n) is 12.3. The molecule has 2 aromatic carbocycles. The van der Waals surface area contributed by atoms with Crippen LogP contribution in [0.4, 0.5) is 0 Å². The standard InChI is InChI=1S/C27H34ClN3O3/c1-21-4-2-13-30(21)14-3-19-34-25-11-7-22(8-12-25)26(32)20-29-15-17-31(18-16-29)27(33)23-5-9-24(28)10-6-23/h5-12,21H,2-4,13-20H2,1H3. The van der Waals surface area contributed by atoms with Gasteiger partial charge in [0.1, 0.15) is 5.75 Å². The van der Waals surface area contributed by atoms with Gasteiger partial charge in [0.05, 0.1) is 13.2 Å². The van der Waals surface area contributed by atoms with Crippen molar-refractivity contribution in [2.24, 2.45) is 0 Å². The van der Waals surface area contributed by atoms with Crippen molar-refractivity contribution in [2.75, 3.05) is 52.4 Å². The number of carbonyl (C=O) groups excluding carboxylic acids is 2. The van der Waals surface area contributed by atoms with Gasteiger partial charge in [0.15, 0.2) is 5.78 Å². The van der Waals surface area contributed by atoms with Crippen LogP contribution in [-0.2, 0) is 0 Å². The molecule has 2 aliphatic rings. The van der Waals surface area contributed by atoms with E-state index in [1.165, 1.54) is 19.4 Å². The van der Waals surface area contributed by atoms with Gasteiger partial charge in [-0.05, 0) is 81.3 Å². The number of amides is 1. The summed E-state index contributed by atoms with van der Waals surface area (Å²) in [6.07, 6.45) is 3.61. The average molecular weight is 484 g/mol. The number of Topliss-reactive ketones (excluding diaryl/α,β-unsaturated/α-hetero) is 1. The molecular formula is C27H34ClN3O3. The van der Waals surface area contributed by atoms with E-state index in [2.05, 4.69) is 16.7 Å². The van der Waals surface area contributed by atoms with Gasteiger partial charge in [-0.3, -0.25) is 14.5 Å². The van der Waals surface area contributed by atoms with E-state index in [0.29, 0.717) is 61.5 Å². The number of piperazine rings is 1. The molecule has 2 aliphatic heterocycles. The molecule has 0 aromatic heterocycles. The number of nitrogens with zero attached hydrogens (tertiary/aromatic N) is 3. The highest BCUT2D eigenvalue weighted by atomic mass is 35.5. The minimum absolute atomic E-state index is 0.00757. The third-order valence-corrected chi connectivity index (χ3v) is 7.10. The molecule has 2 fully saturated rings. The number of ketones is 1. The number of likely N-dealkylation sites (tertiary alicyclic amines) is 1. The number of hydrogen-bond donors (Lipinski definition) is 0. The maximum absolute atomic E-state index is 12.8. The number of benzene rings is 2. The summed E-state index contributed by atoms with van der Waals surface area (Å²) in [6.45, 7) is 8.21. The number of ether oxygens (including phenoxy) is 1. The molecule has 4 rings (SSSR count). The molecule has 182 valence electrons. The number of carbonyl (C=O) groups is 2. The van der Waals surface area contributed by atoms with Gasteiger partial charge in [-0.25, -0.2) is 0 Å². The monoisotopic (exact) mass is 483 g/mol. The fourth-order valence-corrected chi connectivity index (χ4v) is 4.82. The van der Waals surface area contributed by atoms with Gasteiger partial charge in [-0.2, -0.15) is 0 Å². The second kappa shape index (κ2) is 11.8. The van der Waals surface area contributed by atoms with Gasteiger partial charge in [0, 0.05) is 54.9 Å². The van der Waals surface area contributed by atoms with E-state index in [9.17, 15) is 9.59 Å². The Morgan fingerprint density at radius 2 is 1.62 bits per heavy atom. The topological polar surface area (TPSA) is 53.1 Å². The van der Waals surface area contributed by atoms with Crippen molar-refractivity contribution in [3.63, 3.8) is 0 Å². The Kier molecular flexibility index (Phi) is 8.59. The lowest BCUT2D eigenvalue weighted by molar-refractivity contribution is 0.0624. The molecule has 0 saturated carbocycles. The highest BCUT2D eigenvalue weighted by Gasteiger charge is 2.24. The van der Waals surface area contributed by atoms with Gasteiger partial charge < -0.3 is 14.5 Å². The number of hydrogen-bond acceptors (Lipinski definition) is 5. The Bertz CT molecular complexity index is 956. The SMILES string of the molecule is CC1CCCN1CCCOc1ccc(C(=O)CN2CCN(C(=O)c3ccc(Cl)cc3)CC2)cc1. The maximum Gasteiger partial charge on any atom is 0.253 e. The quantitative estimate of drug-likeness (QED) is 0.394. The highest BCUT2D eigenvalue weighted by molar-refractivity contribution is 6.30. The molecule has 0 spiro atoms. The lowest BCUT2D eigenvalue weighted by Gasteiger charge is -2.34. The van der Waals surface area contributed by atoms with E-state index in [0.717, 1.165) is 18.7 Å². The van der Waals surface area contributed by atoms with Crippen LogP contribution in [0.2, 0.25) is 5.02 Å². The Morgan fingerprint density at radius 3 is 2.26 bits per heavy atom. The number of rotatable bonds is 9. The zero-order chi connectivity index (χ0) is 23.9. The van der Waals surface area contributed by atoms with E-state index in [1.807, 2.05) is 29.2 Å². The molecule has 1 atom stereocenters. The van der Waals surface area contributed by atoms with Gasteiger partial charge >= 0.3 is 0 Å². The fraction of sp³-hybridized carbons (Fsp3) is 0.481. The molecular weight excluding hydrogens is 450 g/mol. The molecule has 2 aromatic rings. The summed E-state index contributed by atoms with van der Waals surface area (Å²) in [4.78, 5) is 31.9. The van der Waals surface area contributed by atoms with E-state index in [4.69, 9.17) is 16.3 Å². The summed E-state index contributed by atoms with van der Waals surface area (Å²) in [5.41, 5.74) is 1.33. The predicted octanol–water partition coefficient (Wildman–Crippen LogP) is 4.23. The molecule has 6 nitrogen and oxygen atoms in total. The van der Waals surface area contributed by atoms with Gasteiger partial charge in [-0.1, -0.05) is 11.6 Å². The Balaban J connectivity index is 1.17. The second-order valence-electron chi connectivity index (χ2n) is 9.25. The van der Waals surface area contributed by atoms with Crippen molar-refractivity contribution in [3.8, 4) is 5.75 Å². The first kappa shape index (κ1) is 24.7. The molecule has 2 heterocycles. The first-order valence-corrected chi connectivity index (χ1v) is 12.6. The Labute approximate surface area is 207 Å². The molecule has 0 N–H and O–H groups in total. The normalized spacial score (nSPS) is 19.4. The third-order valence-electron chi connectivity index (χ3n) is 6.84. The van der Waals surface area contributed by atoms with Crippen molar-refractivity contribution >= 4 is 23.3 Å². The first-order chi connectivity index (χ1) is 16.5. The molecule has 0 aliphatic carbocycles. The van der Waals surface area contributed by atoms with E-state index in [-0.39, 0.29) is 11.7 Å². The zero-order valence-corrected chi connectivity index (χ0v) is 20.7. The lowest BCUT2D eigenvalue weighted by atomic mass is 10.1. The van der Waals surface area contributed by atoms with Crippen LogP contribution in [0.3, 0.4) is 0 Å². The Hall–Kier alpha value is -2.41. The minimum atomic E-state index is 0.00757. The van der Waals surface area contributed by atoms with Crippen LogP contribution in [0, 0.1) is 0 Å². The summed E-state index contributed by atoms with van der Waals surface area (Å²) < 4.78 is 5.87. The fourth-order valence-electron chi connectivity index (χ4n) is 4.70. The Morgan fingerprint density at radius 1 is 0.941 bits per heavy atom. The largest absolute Gasteiger partial charge is 0.494 e. The smallest absolute Gasteiger partial charge is 0.253 e. The molecule has 1 unspecified atom stereocenters. The van der Waals surface area contributed by atoms with Gasteiger partial charge in [0.25, 0.3) is 5.91 Å². The second-order valence-corrected chi connectivity index (χ2v) is 9.69. The van der Waals surface area contributed by atoms with Gasteiger partial charge in [-0.15, -0.1) is 0 Å².